The highest BCUT2D eigenvalue weighted by atomic mass is 31.2. The fourth-order valence-corrected chi connectivity index (χ4v) is 5.44. The number of nitrogens with two attached hydrogens (primary N) is 1. The van der Waals surface area contributed by atoms with Crippen molar-refractivity contribution in [3.8, 4) is 0 Å². The summed E-state index contributed by atoms with van der Waals surface area (Å²) in [6, 6.07) is -1.48. The van der Waals surface area contributed by atoms with Gasteiger partial charge in [-0.1, -0.05) is 145 Å². The van der Waals surface area contributed by atoms with Crippen LogP contribution in [-0.2, 0) is 32.7 Å². The number of carboxylic acids is 1. The lowest BCUT2D eigenvalue weighted by Crippen LogP contribution is -2.34. The summed E-state index contributed by atoms with van der Waals surface area (Å²) in [6.45, 7) is 3.51. The monoisotopic (exact) mass is 725 g/mol. The van der Waals surface area contributed by atoms with Crippen molar-refractivity contribution >= 4 is 19.8 Å². The van der Waals surface area contributed by atoms with Gasteiger partial charge in [-0.25, -0.2) is 4.57 Å². The fraction of sp³-hybridized carbons (Fsp3) is 0.692. The molecule has 0 aliphatic heterocycles. The van der Waals surface area contributed by atoms with Crippen molar-refractivity contribution in [2.75, 3.05) is 26.4 Å². The zero-order valence-corrected chi connectivity index (χ0v) is 31.9. The van der Waals surface area contributed by atoms with Gasteiger partial charge in [0.25, 0.3) is 0 Å². The van der Waals surface area contributed by atoms with Crippen LogP contribution in [-0.4, -0.2) is 60.5 Å². The van der Waals surface area contributed by atoms with Crippen LogP contribution in [0.2, 0.25) is 0 Å². The van der Waals surface area contributed by atoms with Crippen molar-refractivity contribution in [3.63, 3.8) is 0 Å². The predicted molar refractivity (Wildman–Crippen MR) is 203 cm³/mol. The van der Waals surface area contributed by atoms with Crippen LogP contribution in [0.15, 0.2) is 60.8 Å². The largest absolute Gasteiger partial charge is 0.480 e. The Bertz CT molecular complexity index is 1030. The highest BCUT2D eigenvalue weighted by molar-refractivity contribution is 7.47. The van der Waals surface area contributed by atoms with Gasteiger partial charge in [-0.15, -0.1) is 0 Å². The number of esters is 1. The summed E-state index contributed by atoms with van der Waals surface area (Å²) in [6.07, 6.45) is 40.1. The van der Waals surface area contributed by atoms with Crippen LogP contribution in [0, 0.1) is 0 Å². The molecule has 0 fully saturated rings. The standard InChI is InChI=1S/C39H68NO9P/c1-3-5-7-9-11-13-15-17-18-19-20-22-24-26-28-30-32-46-33-36(34-47-50(44,45)48-35-37(40)39(42)43)49-38(41)31-29-27-25-23-21-16-14-12-10-8-6-4-2/h5,7,11,13,17-18,20,22,26,28,36-37H,3-4,6,8-10,12,14-16,19,21,23-25,27,29-35,40H2,1-2H3,(H,42,43)(H,44,45)/b7-5-,13-11-,18-17-,22-20-,28-26-. The number of phosphoric ester groups is 1. The van der Waals surface area contributed by atoms with E-state index in [2.05, 4.69) is 67.0 Å². The summed E-state index contributed by atoms with van der Waals surface area (Å²) in [7, 11) is -4.63. The number of aliphatic carboxylic acids is 1. The van der Waals surface area contributed by atoms with Gasteiger partial charge in [0.1, 0.15) is 12.1 Å². The van der Waals surface area contributed by atoms with E-state index in [0.717, 1.165) is 51.4 Å². The number of hydrogen-bond donors (Lipinski definition) is 3. The maximum Gasteiger partial charge on any atom is 0.472 e. The average molecular weight is 726 g/mol. The minimum Gasteiger partial charge on any atom is -0.480 e. The Kier molecular flexibility index (Phi) is 33.5. The Balaban J connectivity index is 4.45. The van der Waals surface area contributed by atoms with Gasteiger partial charge in [-0.3, -0.25) is 18.6 Å². The van der Waals surface area contributed by atoms with Gasteiger partial charge in [0, 0.05) is 6.42 Å². The topological polar surface area (TPSA) is 155 Å². The molecule has 0 saturated heterocycles. The molecule has 0 aliphatic carbocycles. The van der Waals surface area contributed by atoms with E-state index in [9.17, 15) is 19.0 Å². The van der Waals surface area contributed by atoms with Crippen LogP contribution in [0.4, 0.5) is 0 Å². The smallest absolute Gasteiger partial charge is 0.472 e. The molecule has 0 amide bonds. The number of unbranched alkanes of at least 4 members (excludes halogenated alkanes) is 11. The molecule has 288 valence electrons. The number of phosphoric acid groups is 1. The molecule has 0 rings (SSSR count). The van der Waals surface area contributed by atoms with Crippen molar-refractivity contribution in [2.45, 2.75) is 148 Å². The highest BCUT2D eigenvalue weighted by Gasteiger charge is 2.27. The van der Waals surface area contributed by atoms with Crippen molar-refractivity contribution in [1.82, 2.24) is 0 Å². The molecule has 0 heterocycles. The van der Waals surface area contributed by atoms with Gasteiger partial charge >= 0.3 is 19.8 Å². The number of rotatable bonds is 35. The highest BCUT2D eigenvalue weighted by Crippen LogP contribution is 2.43. The lowest BCUT2D eigenvalue weighted by atomic mass is 10.0. The summed E-state index contributed by atoms with van der Waals surface area (Å²) in [4.78, 5) is 33.3. The Morgan fingerprint density at radius 2 is 1.12 bits per heavy atom. The molecular formula is C39H68NO9P. The molecule has 0 aromatic carbocycles. The number of ether oxygens (including phenoxy) is 2. The van der Waals surface area contributed by atoms with Crippen molar-refractivity contribution in [1.29, 1.82) is 0 Å². The molecule has 0 aliphatic rings. The number of allylic oxidation sites excluding steroid dienone is 9. The number of hydrogen-bond acceptors (Lipinski definition) is 8. The molecule has 0 saturated carbocycles. The predicted octanol–water partition coefficient (Wildman–Crippen LogP) is 9.69. The molecule has 0 aromatic rings. The Hall–Kier alpha value is -2.33. The number of carbonyl (C=O) groups is 2. The number of carboxylic acid groups (broad SMARTS) is 1. The SMILES string of the molecule is CC/C=C\C/C=C\C/C=C\C/C=C\C/C=C\CCOCC(COP(=O)(O)OCC(N)C(=O)O)OC(=O)CCCCCCCCCCCCCC. The quantitative estimate of drug-likeness (QED) is 0.0249. The van der Waals surface area contributed by atoms with E-state index >= 15 is 0 Å². The van der Waals surface area contributed by atoms with Crippen LogP contribution in [0.1, 0.15) is 136 Å². The van der Waals surface area contributed by atoms with Gasteiger partial charge < -0.3 is 25.2 Å². The van der Waals surface area contributed by atoms with Crippen LogP contribution >= 0.6 is 7.82 Å². The van der Waals surface area contributed by atoms with E-state index in [0.29, 0.717) is 19.4 Å². The first kappa shape index (κ1) is 47.7. The van der Waals surface area contributed by atoms with Gasteiger partial charge in [0.15, 0.2) is 0 Å². The minimum atomic E-state index is -4.63. The van der Waals surface area contributed by atoms with Crippen molar-refractivity contribution in [3.05, 3.63) is 60.8 Å². The van der Waals surface area contributed by atoms with Crippen LogP contribution in [0.5, 0.6) is 0 Å². The van der Waals surface area contributed by atoms with Crippen molar-refractivity contribution < 1.29 is 42.7 Å². The first-order valence-electron chi connectivity index (χ1n) is 18.8. The molecule has 0 spiro atoms. The lowest BCUT2D eigenvalue weighted by molar-refractivity contribution is -0.154. The second-order valence-electron chi connectivity index (χ2n) is 12.3. The summed E-state index contributed by atoms with van der Waals surface area (Å²) in [5, 5.41) is 8.86. The molecule has 50 heavy (non-hydrogen) atoms. The van der Waals surface area contributed by atoms with Gasteiger partial charge in [0.2, 0.25) is 0 Å². The molecule has 11 heteroatoms. The maximum absolute atomic E-state index is 12.5. The summed E-state index contributed by atoms with van der Waals surface area (Å²) < 4.78 is 33.1. The second kappa shape index (κ2) is 35.1. The van der Waals surface area contributed by atoms with Crippen molar-refractivity contribution in [2.24, 2.45) is 5.73 Å². The summed E-state index contributed by atoms with van der Waals surface area (Å²) in [5.41, 5.74) is 5.33. The van der Waals surface area contributed by atoms with E-state index in [1.807, 2.05) is 12.2 Å². The fourth-order valence-electron chi connectivity index (χ4n) is 4.67. The normalized spacial score (nSPS) is 14.8. The van der Waals surface area contributed by atoms with Gasteiger partial charge in [-0.2, -0.15) is 0 Å². The van der Waals surface area contributed by atoms with E-state index in [-0.39, 0.29) is 13.0 Å². The molecule has 0 radical (unpaired) electrons. The second-order valence-corrected chi connectivity index (χ2v) is 13.8. The maximum atomic E-state index is 12.5. The van der Waals surface area contributed by atoms with Crippen LogP contribution in [0.3, 0.4) is 0 Å². The zero-order chi connectivity index (χ0) is 37.0. The summed E-state index contributed by atoms with van der Waals surface area (Å²) >= 11 is 0. The molecule has 4 N–H and O–H groups in total. The zero-order valence-electron chi connectivity index (χ0n) is 31.0. The third-order valence-corrected chi connectivity index (χ3v) is 8.53. The Morgan fingerprint density at radius 1 is 0.660 bits per heavy atom. The van der Waals surface area contributed by atoms with Crippen LogP contribution in [0.25, 0.3) is 0 Å². The molecule has 3 unspecified atom stereocenters. The Morgan fingerprint density at radius 3 is 1.62 bits per heavy atom. The third-order valence-electron chi connectivity index (χ3n) is 7.58. The molecule has 0 bridgehead atoms. The Labute approximate surface area is 302 Å². The van der Waals surface area contributed by atoms with E-state index < -0.39 is 45.1 Å². The number of carbonyl (C=O) groups excluding carboxylic acids is 1. The van der Waals surface area contributed by atoms with E-state index in [4.69, 9.17) is 24.8 Å². The molecular weight excluding hydrogens is 657 g/mol. The van der Waals surface area contributed by atoms with Gasteiger partial charge in [-0.05, 0) is 44.9 Å². The minimum absolute atomic E-state index is 0.0382. The lowest BCUT2D eigenvalue weighted by Gasteiger charge is -2.20. The summed E-state index contributed by atoms with van der Waals surface area (Å²) in [5.74, 6) is -1.82. The average Bonchev–Trinajstić information content (AvgIpc) is 3.09. The first-order valence-corrected chi connectivity index (χ1v) is 20.3. The van der Waals surface area contributed by atoms with Gasteiger partial charge in [0.05, 0.1) is 26.4 Å². The molecule has 0 aromatic heterocycles. The molecule has 10 nitrogen and oxygen atoms in total. The molecule has 3 atom stereocenters. The van der Waals surface area contributed by atoms with E-state index in [1.54, 1.807) is 0 Å². The third kappa shape index (κ3) is 34.1. The van der Waals surface area contributed by atoms with E-state index in [1.165, 1.54) is 51.4 Å². The first-order chi connectivity index (χ1) is 24.2. The van der Waals surface area contributed by atoms with Crippen LogP contribution < -0.4 is 5.73 Å².